The third-order valence-electron chi connectivity index (χ3n) is 4.29. The number of ether oxygens (including phenoxy) is 1. The van der Waals surface area contributed by atoms with Crippen LogP contribution in [0.4, 0.5) is 5.69 Å². The van der Waals surface area contributed by atoms with E-state index in [9.17, 15) is 0 Å². The molecular weight excluding hydrogens is 366 g/mol. The normalized spacial score (nSPS) is 14.2. The Bertz CT molecular complexity index is 735. The molecule has 1 aromatic carbocycles. The Hall–Kier alpha value is -1.88. The van der Waals surface area contributed by atoms with Crippen LogP contribution in [0.15, 0.2) is 39.8 Å². The summed E-state index contributed by atoms with van der Waals surface area (Å²) in [4.78, 5) is 11.1. The number of hydrogen-bond acceptors (Lipinski definition) is 3. The van der Waals surface area contributed by atoms with Gasteiger partial charge in [0.15, 0.2) is 0 Å². The SMILES string of the molecule is CCN(C)C=Nc1cc(Br)c(OC2Cc3ccccc3C2)nc1C. The van der Waals surface area contributed by atoms with Crippen LogP contribution in [0.25, 0.3) is 0 Å². The summed E-state index contributed by atoms with van der Waals surface area (Å²) in [6.45, 7) is 4.96. The summed E-state index contributed by atoms with van der Waals surface area (Å²) in [5.41, 5.74) is 4.46. The van der Waals surface area contributed by atoms with Crippen molar-refractivity contribution in [1.29, 1.82) is 0 Å². The molecule has 0 fully saturated rings. The minimum atomic E-state index is 0.145. The van der Waals surface area contributed by atoms with E-state index in [0.717, 1.165) is 35.2 Å². The zero-order valence-electron chi connectivity index (χ0n) is 14.3. The average molecular weight is 388 g/mol. The Kier molecular flexibility index (Phi) is 5.19. The molecule has 1 aromatic heterocycles. The van der Waals surface area contributed by atoms with Crippen molar-refractivity contribution < 1.29 is 4.74 Å². The third-order valence-corrected chi connectivity index (χ3v) is 4.86. The number of rotatable bonds is 5. The smallest absolute Gasteiger partial charge is 0.228 e. The Balaban J connectivity index is 1.74. The van der Waals surface area contributed by atoms with Crippen LogP contribution < -0.4 is 4.74 Å². The first kappa shape index (κ1) is 17.0. The van der Waals surface area contributed by atoms with Crippen LogP contribution in [0.1, 0.15) is 23.7 Å². The fourth-order valence-electron chi connectivity index (χ4n) is 2.76. The van der Waals surface area contributed by atoms with Crippen LogP contribution in [0.2, 0.25) is 0 Å². The van der Waals surface area contributed by atoms with Crippen LogP contribution in [-0.4, -0.2) is 35.9 Å². The Morgan fingerprint density at radius 3 is 2.62 bits per heavy atom. The number of hydrogen-bond donors (Lipinski definition) is 0. The molecule has 0 N–H and O–H groups in total. The molecule has 1 aliphatic rings. The van der Waals surface area contributed by atoms with Gasteiger partial charge in [-0.3, -0.25) is 0 Å². The zero-order valence-corrected chi connectivity index (χ0v) is 15.9. The first-order valence-corrected chi connectivity index (χ1v) is 9.01. The predicted octanol–water partition coefficient (Wildman–Crippen LogP) is 4.31. The summed E-state index contributed by atoms with van der Waals surface area (Å²) in [6.07, 6.45) is 3.84. The summed E-state index contributed by atoms with van der Waals surface area (Å²) in [5.74, 6) is 0.646. The number of aliphatic imine (C=N–C) groups is 1. The predicted molar refractivity (Wildman–Crippen MR) is 101 cm³/mol. The number of aromatic nitrogens is 1. The Morgan fingerprint density at radius 1 is 1.33 bits per heavy atom. The van der Waals surface area contributed by atoms with Crippen molar-refractivity contribution in [2.75, 3.05) is 13.6 Å². The Labute approximate surface area is 151 Å². The van der Waals surface area contributed by atoms with Crippen LogP contribution >= 0.6 is 15.9 Å². The lowest BCUT2D eigenvalue weighted by molar-refractivity contribution is 0.203. The molecule has 126 valence electrons. The molecule has 24 heavy (non-hydrogen) atoms. The maximum absolute atomic E-state index is 6.15. The van der Waals surface area contributed by atoms with Gasteiger partial charge in [0.25, 0.3) is 0 Å². The fourth-order valence-corrected chi connectivity index (χ4v) is 3.16. The van der Waals surface area contributed by atoms with Gasteiger partial charge in [-0.1, -0.05) is 24.3 Å². The molecule has 0 unspecified atom stereocenters. The number of aryl methyl sites for hydroxylation is 1. The topological polar surface area (TPSA) is 37.7 Å². The summed E-state index contributed by atoms with van der Waals surface area (Å²) in [7, 11) is 2.00. The van der Waals surface area contributed by atoms with E-state index in [1.54, 1.807) is 0 Å². The van der Waals surface area contributed by atoms with Gasteiger partial charge in [-0.15, -0.1) is 0 Å². The standard InChI is InChI=1S/C19H22BrN3O/c1-4-23(3)12-21-18-11-17(20)19(22-13(18)2)24-16-9-14-7-5-6-8-15(14)10-16/h5-8,11-12,16H,4,9-10H2,1-3H3. The highest BCUT2D eigenvalue weighted by molar-refractivity contribution is 9.10. The second-order valence-corrected chi connectivity index (χ2v) is 6.97. The fraction of sp³-hybridized carbons (Fsp3) is 0.368. The van der Waals surface area contributed by atoms with Crippen molar-refractivity contribution in [3.05, 3.63) is 51.6 Å². The molecule has 0 radical (unpaired) electrons. The molecule has 0 bridgehead atoms. The first-order chi connectivity index (χ1) is 11.6. The van der Waals surface area contributed by atoms with Gasteiger partial charge in [-0.2, -0.15) is 0 Å². The van der Waals surface area contributed by atoms with Crippen molar-refractivity contribution in [2.24, 2.45) is 4.99 Å². The summed E-state index contributed by atoms with van der Waals surface area (Å²) in [5, 5.41) is 0. The van der Waals surface area contributed by atoms with Gasteiger partial charge in [0.1, 0.15) is 6.10 Å². The average Bonchev–Trinajstić information content (AvgIpc) is 2.98. The van der Waals surface area contributed by atoms with Gasteiger partial charge < -0.3 is 9.64 Å². The monoisotopic (exact) mass is 387 g/mol. The van der Waals surface area contributed by atoms with Crippen molar-refractivity contribution in [1.82, 2.24) is 9.88 Å². The molecule has 1 heterocycles. The summed E-state index contributed by atoms with van der Waals surface area (Å²) in [6, 6.07) is 10.5. The van der Waals surface area contributed by atoms with E-state index < -0.39 is 0 Å². The van der Waals surface area contributed by atoms with Gasteiger partial charge in [0, 0.05) is 26.4 Å². The summed E-state index contributed by atoms with van der Waals surface area (Å²) < 4.78 is 6.99. The van der Waals surface area contributed by atoms with Gasteiger partial charge >= 0.3 is 0 Å². The van der Waals surface area contributed by atoms with Crippen molar-refractivity contribution in [3.63, 3.8) is 0 Å². The number of benzene rings is 1. The quantitative estimate of drug-likeness (QED) is 0.566. The molecule has 0 spiro atoms. The van der Waals surface area contributed by atoms with E-state index in [0.29, 0.717) is 5.88 Å². The lowest BCUT2D eigenvalue weighted by atomic mass is 10.1. The van der Waals surface area contributed by atoms with Crippen molar-refractivity contribution in [3.8, 4) is 5.88 Å². The largest absolute Gasteiger partial charge is 0.473 e. The molecule has 0 aliphatic heterocycles. The summed E-state index contributed by atoms with van der Waals surface area (Å²) >= 11 is 3.57. The van der Waals surface area contributed by atoms with Crippen LogP contribution in [-0.2, 0) is 12.8 Å². The highest BCUT2D eigenvalue weighted by Crippen LogP contribution is 2.32. The van der Waals surface area contributed by atoms with Gasteiger partial charge in [0.2, 0.25) is 5.88 Å². The molecule has 0 saturated heterocycles. The minimum absolute atomic E-state index is 0.145. The minimum Gasteiger partial charge on any atom is -0.473 e. The van der Waals surface area contributed by atoms with Crippen LogP contribution in [0, 0.1) is 6.92 Å². The molecule has 0 saturated carbocycles. The Morgan fingerprint density at radius 2 is 2.00 bits per heavy atom. The highest BCUT2D eigenvalue weighted by atomic mass is 79.9. The molecular formula is C19H22BrN3O. The highest BCUT2D eigenvalue weighted by Gasteiger charge is 2.23. The number of pyridine rings is 1. The van der Waals surface area contributed by atoms with E-state index in [-0.39, 0.29) is 6.10 Å². The van der Waals surface area contributed by atoms with Crippen LogP contribution in [0.5, 0.6) is 5.88 Å². The molecule has 1 aliphatic carbocycles. The van der Waals surface area contributed by atoms with Crippen LogP contribution in [0.3, 0.4) is 0 Å². The maximum Gasteiger partial charge on any atom is 0.228 e. The van der Waals surface area contributed by atoms with Crippen molar-refractivity contribution in [2.45, 2.75) is 32.8 Å². The molecule has 3 rings (SSSR count). The molecule has 0 atom stereocenters. The number of nitrogens with zero attached hydrogens (tertiary/aromatic N) is 3. The van der Waals surface area contributed by atoms with Gasteiger partial charge in [-0.05, 0) is 47.0 Å². The second kappa shape index (κ2) is 7.34. The number of fused-ring (bicyclic) bond motifs is 1. The lowest BCUT2D eigenvalue weighted by Gasteiger charge is -2.15. The van der Waals surface area contributed by atoms with E-state index in [1.165, 1.54) is 11.1 Å². The van der Waals surface area contributed by atoms with Gasteiger partial charge in [-0.25, -0.2) is 9.98 Å². The van der Waals surface area contributed by atoms with E-state index in [2.05, 4.69) is 57.1 Å². The lowest BCUT2D eigenvalue weighted by Crippen LogP contribution is -2.17. The molecule has 4 nitrogen and oxygen atoms in total. The molecule has 0 amide bonds. The van der Waals surface area contributed by atoms with E-state index in [1.807, 2.05) is 31.3 Å². The molecule has 2 aromatic rings. The maximum atomic E-state index is 6.15. The van der Waals surface area contributed by atoms with E-state index >= 15 is 0 Å². The first-order valence-electron chi connectivity index (χ1n) is 8.21. The third kappa shape index (κ3) is 3.78. The zero-order chi connectivity index (χ0) is 17.1. The van der Waals surface area contributed by atoms with Crippen molar-refractivity contribution >= 4 is 28.0 Å². The second-order valence-electron chi connectivity index (χ2n) is 6.11. The number of halogens is 1. The van der Waals surface area contributed by atoms with Gasteiger partial charge in [0.05, 0.1) is 22.2 Å². The van der Waals surface area contributed by atoms with E-state index in [4.69, 9.17) is 4.74 Å². The molecule has 5 heteroatoms.